The Bertz CT molecular complexity index is 657. The lowest BCUT2D eigenvalue weighted by atomic mass is 10.2. The van der Waals surface area contributed by atoms with Crippen LogP contribution in [0.15, 0.2) is 59.7 Å². The van der Waals surface area contributed by atoms with Crippen molar-refractivity contribution in [3.63, 3.8) is 0 Å². The van der Waals surface area contributed by atoms with Gasteiger partial charge in [-0.1, -0.05) is 42.5 Å². The Hall–Kier alpha value is -2.66. The van der Waals surface area contributed by atoms with E-state index in [0.717, 1.165) is 11.1 Å². The third kappa shape index (κ3) is 6.22. The predicted octanol–water partition coefficient (Wildman–Crippen LogP) is 3.14. The topological polar surface area (TPSA) is 59.9 Å². The summed E-state index contributed by atoms with van der Waals surface area (Å²) < 4.78 is 11.0. The second-order valence-electron chi connectivity index (χ2n) is 5.05. The summed E-state index contributed by atoms with van der Waals surface area (Å²) in [5.41, 5.74) is 4.38. The molecule has 0 aliphatic heterocycles. The molecule has 0 atom stereocenters. The summed E-state index contributed by atoms with van der Waals surface area (Å²) in [6.45, 7) is 3.37. The first-order valence-corrected chi connectivity index (χ1v) is 7.95. The molecule has 126 valence electrons. The highest BCUT2D eigenvalue weighted by molar-refractivity contribution is 5.85. The van der Waals surface area contributed by atoms with Crippen LogP contribution in [0.1, 0.15) is 24.5 Å². The minimum atomic E-state index is -0.178. The lowest BCUT2D eigenvalue weighted by Crippen LogP contribution is -2.19. The highest BCUT2D eigenvalue weighted by Crippen LogP contribution is 2.17. The molecule has 0 aromatic heterocycles. The minimum Gasteiger partial charge on any atom is -0.488 e. The summed E-state index contributed by atoms with van der Waals surface area (Å²) in [6, 6.07) is 17.5. The molecule has 0 bridgehead atoms. The Kier molecular flexibility index (Phi) is 7.50. The third-order valence-corrected chi connectivity index (χ3v) is 3.23. The number of rotatable bonds is 9. The van der Waals surface area contributed by atoms with Gasteiger partial charge in [-0.3, -0.25) is 4.79 Å². The average molecular weight is 326 g/mol. The van der Waals surface area contributed by atoms with Crippen molar-refractivity contribution in [2.75, 3.05) is 13.2 Å². The van der Waals surface area contributed by atoms with Gasteiger partial charge in [0.05, 0.1) is 19.2 Å². The number of amides is 1. The maximum atomic E-state index is 11.6. The molecule has 2 aromatic carbocycles. The first-order chi connectivity index (χ1) is 11.8. The molecule has 2 rings (SSSR count). The molecule has 0 aliphatic carbocycles. The molecule has 2 aromatic rings. The molecule has 0 unspecified atom stereocenters. The molecule has 0 saturated carbocycles. The molecule has 0 heterocycles. The Morgan fingerprint density at radius 1 is 1.12 bits per heavy atom. The van der Waals surface area contributed by atoms with Crippen LogP contribution in [0.4, 0.5) is 0 Å². The maximum absolute atomic E-state index is 11.6. The van der Waals surface area contributed by atoms with Crippen LogP contribution < -0.4 is 10.2 Å². The number of ether oxygens (including phenoxy) is 2. The standard InChI is InChI=1S/C19H22N2O3/c1-2-23-13-12-19(22)21-20-14-17-10-6-7-11-18(17)24-15-16-8-4-3-5-9-16/h3-11,14H,2,12-13,15H2,1H3,(H,21,22)/b20-14+. The fourth-order valence-electron chi connectivity index (χ4n) is 1.99. The number of nitrogens with one attached hydrogen (secondary N) is 1. The second kappa shape index (κ2) is 10.2. The van der Waals surface area contributed by atoms with Crippen molar-refractivity contribution in [3.8, 4) is 5.75 Å². The molecule has 1 N–H and O–H groups in total. The van der Waals surface area contributed by atoms with Crippen LogP contribution in [0.3, 0.4) is 0 Å². The predicted molar refractivity (Wildman–Crippen MR) is 94.1 cm³/mol. The van der Waals surface area contributed by atoms with Gasteiger partial charge in [-0.15, -0.1) is 0 Å². The molecule has 0 aliphatic rings. The van der Waals surface area contributed by atoms with Gasteiger partial charge in [0.1, 0.15) is 12.4 Å². The number of hydrogen-bond acceptors (Lipinski definition) is 4. The van der Waals surface area contributed by atoms with E-state index in [0.29, 0.717) is 25.6 Å². The monoisotopic (exact) mass is 326 g/mol. The molecular weight excluding hydrogens is 304 g/mol. The van der Waals surface area contributed by atoms with Crippen LogP contribution in [0.25, 0.3) is 0 Å². The summed E-state index contributed by atoms with van der Waals surface area (Å²) in [5.74, 6) is 0.538. The number of hydrazone groups is 1. The largest absolute Gasteiger partial charge is 0.488 e. The lowest BCUT2D eigenvalue weighted by molar-refractivity contribution is -0.122. The number of nitrogens with zero attached hydrogens (tertiary/aromatic N) is 1. The summed E-state index contributed by atoms with van der Waals surface area (Å²) >= 11 is 0. The van der Waals surface area contributed by atoms with E-state index in [-0.39, 0.29) is 12.3 Å². The van der Waals surface area contributed by atoms with Crippen LogP contribution in [-0.4, -0.2) is 25.3 Å². The zero-order valence-corrected chi connectivity index (χ0v) is 13.8. The van der Waals surface area contributed by atoms with Crippen molar-refractivity contribution in [2.45, 2.75) is 20.0 Å². The summed E-state index contributed by atoms with van der Waals surface area (Å²) in [7, 11) is 0. The van der Waals surface area contributed by atoms with E-state index in [9.17, 15) is 4.79 Å². The normalized spacial score (nSPS) is 10.7. The van der Waals surface area contributed by atoms with Crippen LogP contribution in [0.5, 0.6) is 5.75 Å². The fraction of sp³-hybridized carbons (Fsp3) is 0.263. The number of benzene rings is 2. The smallest absolute Gasteiger partial charge is 0.242 e. The molecule has 0 radical (unpaired) electrons. The van der Waals surface area contributed by atoms with E-state index >= 15 is 0 Å². The highest BCUT2D eigenvalue weighted by Gasteiger charge is 2.02. The van der Waals surface area contributed by atoms with Gasteiger partial charge in [-0.25, -0.2) is 5.43 Å². The fourth-order valence-corrected chi connectivity index (χ4v) is 1.99. The first kappa shape index (κ1) is 17.7. The minimum absolute atomic E-state index is 0.178. The Balaban J connectivity index is 1.88. The van der Waals surface area contributed by atoms with Crippen LogP contribution in [0, 0.1) is 0 Å². The van der Waals surface area contributed by atoms with Crippen LogP contribution in [-0.2, 0) is 16.1 Å². The maximum Gasteiger partial charge on any atom is 0.242 e. The Labute approximate surface area is 142 Å². The van der Waals surface area contributed by atoms with Crippen molar-refractivity contribution in [1.29, 1.82) is 0 Å². The van der Waals surface area contributed by atoms with Gasteiger partial charge in [-0.05, 0) is 24.6 Å². The van der Waals surface area contributed by atoms with Gasteiger partial charge in [0.15, 0.2) is 0 Å². The van der Waals surface area contributed by atoms with Crippen molar-refractivity contribution in [1.82, 2.24) is 5.43 Å². The third-order valence-electron chi connectivity index (χ3n) is 3.23. The molecule has 5 heteroatoms. The zero-order valence-electron chi connectivity index (χ0n) is 13.8. The van der Waals surface area contributed by atoms with Gasteiger partial charge in [0.25, 0.3) is 0 Å². The Morgan fingerprint density at radius 3 is 2.67 bits per heavy atom. The summed E-state index contributed by atoms with van der Waals surface area (Å²) in [4.78, 5) is 11.6. The molecular formula is C19H22N2O3. The lowest BCUT2D eigenvalue weighted by Gasteiger charge is -2.09. The van der Waals surface area contributed by atoms with Gasteiger partial charge >= 0.3 is 0 Å². The van der Waals surface area contributed by atoms with Crippen LogP contribution >= 0.6 is 0 Å². The van der Waals surface area contributed by atoms with Crippen molar-refractivity contribution in [2.24, 2.45) is 5.10 Å². The molecule has 24 heavy (non-hydrogen) atoms. The number of para-hydroxylation sites is 1. The van der Waals surface area contributed by atoms with Crippen molar-refractivity contribution < 1.29 is 14.3 Å². The van der Waals surface area contributed by atoms with Gasteiger partial charge in [0, 0.05) is 12.2 Å². The first-order valence-electron chi connectivity index (χ1n) is 7.95. The van der Waals surface area contributed by atoms with Crippen molar-refractivity contribution >= 4 is 12.1 Å². The number of carbonyl (C=O) groups excluding carboxylic acids is 1. The Morgan fingerprint density at radius 2 is 1.88 bits per heavy atom. The number of hydrogen-bond donors (Lipinski definition) is 1. The molecule has 5 nitrogen and oxygen atoms in total. The van der Waals surface area contributed by atoms with Gasteiger partial charge < -0.3 is 9.47 Å². The van der Waals surface area contributed by atoms with Gasteiger partial charge in [-0.2, -0.15) is 5.10 Å². The van der Waals surface area contributed by atoms with Gasteiger partial charge in [0.2, 0.25) is 5.91 Å². The quantitative estimate of drug-likeness (QED) is 0.437. The second-order valence-corrected chi connectivity index (χ2v) is 5.05. The van der Waals surface area contributed by atoms with E-state index in [4.69, 9.17) is 9.47 Å². The zero-order chi connectivity index (χ0) is 17.0. The number of carbonyl (C=O) groups is 1. The molecule has 1 amide bonds. The molecule has 0 saturated heterocycles. The van der Waals surface area contributed by atoms with Crippen LogP contribution in [0.2, 0.25) is 0 Å². The highest BCUT2D eigenvalue weighted by atomic mass is 16.5. The average Bonchev–Trinajstić information content (AvgIpc) is 2.62. The van der Waals surface area contributed by atoms with E-state index < -0.39 is 0 Å². The van der Waals surface area contributed by atoms with E-state index in [1.807, 2.05) is 61.5 Å². The summed E-state index contributed by atoms with van der Waals surface area (Å²) in [6.07, 6.45) is 1.87. The molecule has 0 spiro atoms. The SMILES string of the molecule is CCOCCC(=O)N/N=C/c1ccccc1OCc1ccccc1. The van der Waals surface area contributed by atoms with E-state index in [2.05, 4.69) is 10.5 Å². The van der Waals surface area contributed by atoms with E-state index in [1.165, 1.54) is 0 Å². The van der Waals surface area contributed by atoms with E-state index in [1.54, 1.807) is 6.21 Å². The molecule has 0 fully saturated rings. The van der Waals surface area contributed by atoms with Crippen molar-refractivity contribution in [3.05, 3.63) is 65.7 Å². The summed E-state index contributed by atoms with van der Waals surface area (Å²) in [5, 5.41) is 3.98.